The fraction of sp³-hybridized carbons (Fsp3) is 0.600. The molecule has 1 amide bonds. The average Bonchev–Trinajstić information content (AvgIpc) is 3.37. The van der Waals surface area contributed by atoms with Gasteiger partial charge in [-0.3, -0.25) is 14.2 Å². The largest absolute Gasteiger partial charge is 0.459 e. The lowest BCUT2D eigenvalue weighted by Gasteiger charge is -2.31. The first-order valence-electron chi connectivity index (χ1n) is 14.4. The van der Waals surface area contributed by atoms with E-state index >= 15 is 0 Å². The van der Waals surface area contributed by atoms with Gasteiger partial charge in [0.25, 0.3) is 5.91 Å². The third-order valence-electron chi connectivity index (χ3n) is 7.02. The predicted molar refractivity (Wildman–Crippen MR) is 151 cm³/mol. The molecule has 2 aliphatic heterocycles. The van der Waals surface area contributed by atoms with Crippen molar-refractivity contribution in [3.63, 3.8) is 0 Å². The van der Waals surface area contributed by atoms with Crippen LogP contribution >= 0.6 is 0 Å². The highest BCUT2D eigenvalue weighted by Crippen LogP contribution is 2.37. The number of aliphatic hydroxyl groups is 1. The third kappa shape index (κ3) is 9.09. The summed E-state index contributed by atoms with van der Waals surface area (Å²) >= 11 is 0. The van der Waals surface area contributed by atoms with Gasteiger partial charge >= 0.3 is 0 Å². The molecule has 4 rings (SSSR count). The van der Waals surface area contributed by atoms with Gasteiger partial charge in [0.2, 0.25) is 12.2 Å². The molecule has 1 N–H and O–H groups in total. The lowest BCUT2D eigenvalue weighted by Crippen LogP contribution is -2.40. The molecule has 1 aromatic heterocycles. The minimum atomic E-state index is -0.660. The first-order valence-corrected chi connectivity index (χ1v) is 14.4. The smallest absolute Gasteiger partial charge is 0.288 e. The van der Waals surface area contributed by atoms with Crippen molar-refractivity contribution in [2.75, 3.05) is 79.2 Å². The number of para-hydroxylation sites is 1. The molecule has 11 nitrogen and oxygen atoms in total. The third-order valence-corrected chi connectivity index (χ3v) is 7.02. The number of aromatic nitrogens is 1. The number of amides is 1. The summed E-state index contributed by atoms with van der Waals surface area (Å²) in [6.45, 7) is 6.14. The standard InChI is InChI=1S/C30H42N2O9/c1-23(34)32-22-26(25-6-2-3-7-27(25)32)24-20-28(41-29(21-24)40-11-5-4-10-33)30(35)31-8-12-36-14-16-38-18-19-39-17-15-37-13-9-31/h2-3,6-7,20,22,24,29,33H,4-5,8-19,21H2,1H3/t24-,29+/m1/s1. The van der Waals surface area contributed by atoms with Crippen LogP contribution < -0.4 is 0 Å². The van der Waals surface area contributed by atoms with Gasteiger partial charge in [-0.05, 0) is 30.5 Å². The maximum Gasteiger partial charge on any atom is 0.288 e. The molecule has 0 saturated carbocycles. The van der Waals surface area contributed by atoms with Crippen LogP contribution in [0.15, 0.2) is 42.3 Å². The van der Waals surface area contributed by atoms with E-state index in [0.29, 0.717) is 91.8 Å². The Labute approximate surface area is 240 Å². The second kappa shape index (κ2) is 16.6. The van der Waals surface area contributed by atoms with Gasteiger partial charge in [0.05, 0.1) is 65.0 Å². The minimum absolute atomic E-state index is 0.0864. The number of aliphatic hydroxyl groups excluding tert-OH is 1. The van der Waals surface area contributed by atoms with E-state index < -0.39 is 6.29 Å². The summed E-state index contributed by atoms with van der Waals surface area (Å²) in [5.41, 5.74) is 1.74. The summed E-state index contributed by atoms with van der Waals surface area (Å²) in [5.74, 6) is -0.397. The number of rotatable bonds is 7. The van der Waals surface area contributed by atoms with Crippen LogP contribution in [-0.4, -0.2) is 112 Å². The first kappa shape index (κ1) is 31.1. The molecule has 1 saturated heterocycles. The maximum atomic E-state index is 13.8. The number of hydrogen-bond acceptors (Lipinski definition) is 9. The van der Waals surface area contributed by atoms with Gasteiger partial charge in [-0.2, -0.15) is 0 Å². The van der Waals surface area contributed by atoms with E-state index in [4.69, 9.17) is 33.5 Å². The molecule has 2 aliphatic rings. The average molecular weight is 575 g/mol. The molecule has 0 unspecified atom stereocenters. The second-order valence-corrected chi connectivity index (χ2v) is 9.95. The Kier molecular flexibility index (Phi) is 12.6. The van der Waals surface area contributed by atoms with E-state index in [-0.39, 0.29) is 30.1 Å². The molecule has 226 valence electrons. The van der Waals surface area contributed by atoms with Crippen molar-refractivity contribution in [1.82, 2.24) is 9.47 Å². The van der Waals surface area contributed by atoms with Crippen molar-refractivity contribution >= 4 is 22.7 Å². The molecule has 3 heterocycles. The Morgan fingerprint density at radius 1 is 0.927 bits per heavy atom. The Balaban J connectivity index is 1.56. The van der Waals surface area contributed by atoms with E-state index in [0.717, 1.165) is 16.5 Å². The molecule has 1 fully saturated rings. The number of carbonyl (C=O) groups is 2. The number of unbranched alkanes of at least 4 members (excludes halogenated alkanes) is 1. The normalized spacial score (nSPS) is 21.9. The fourth-order valence-electron chi connectivity index (χ4n) is 4.90. The molecule has 0 spiro atoms. The number of fused-ring (bicyclic) bond motifs is 1. The number of nitrogens with zero attached hydrogens (tertiary/aromatic N) is 2. The summed E-state index contributed by atoms with van der Waals surface area (Å²) < 4.78 is 36.1. The SMILES string of the molecule is CC(=O)n1cc([C@@H]2C=C(C(=O)N3CCOCCOCCOCCOCC3)O[C@H](OCCCCO)C2)c2ccccc21. The summed E-state index contributed by atoms with van der Waals surface area (Å²) in [7, 11) is 0. The van der Waals surface area contributed by atoms with Crippen LogP contribution in [0.3, 0.4) is 0 Å². The Morgan fingerprint density at radius 2 is 1.56 bits per heavy atom. The van der Waals surface area contributed by atoms with Crippen molar-refractivity contribution in [2.45, 2.75) is 38.4 Å². The summed E-state index contributed by atoms with van der Waals surface area (Å²) in [5, 5.41) is 10.1. The lowest BCUT2D eigenvalue weighted by atomic mass is 9.92. The second-order valence-electron chi connectivity index (χ2n) is 9.95. The predicted octanol–water partition coefficient (Wildman–Crippen LogP) is 2.71. The Bertz CT molecular complexity index is 1130. The van der Waals surface area contributed by atoms with Crippen LogP contribution in [0.4, 0.5) is 0 Å². The van der Waals surface area contributed by atoms with Gasteiger partial charge < -0.3 is 38.4 Å². The van der Waals surface area contributed by atoms with Crippen molar-refractivity contribution in [1.29, 1.82) is 0 Å². The number of benzene rings is 1. The monoisotopic (exact) mass is 574 g/mol. The van der Waals surface area contributed by atoms with Crippen LogP contribution in [0.2, 0.25) is 0 Å². The van der Waals surface area contributed by atoms with Crippen molar-refractivity contribution in [3.05, 3.63) is 47.9 Å². The zero-order chi connectivity index (χ0) is 28.9. The minimum Gasteiger partial charge on any atom is -0.459 e. The van der Waals surface area contributed by atoms with Gasteiger partial charge in [0.15, 0.2) is 5.76 Å². The summed E-state index contributed by atoms with van der Waals surface area (Å²) in [4.78, 5) is 27.9. The van der Waals surface area contributed by atoms with Crippen LogP contribution in [-0.2, 0) is 33.2 Å². The van der Waals surface area contributed by atoms with E-state index in [1.54, 1.807) is 9.47 Å². The van der Waals surface area contributed by atoms with Crippen molar-refractivity contribution in [3.8, 4) is 0 Å². The van der Waals surface area contributed by atoms with Crippen LogP contribution in [0, 0.1) is 0 Å². The van der Waals surface area contributed by atoms with Gasteiger partial charge in [0.1, 0.15) is 0 Å². The highest BCUT2D eigenvalue weighted by molar-refractivity contribution is 5.95. The number of carbonyl (C=O) groups excluding carboxylic acids is 2. The molecule has 0 bridgehead atoms. The highest BCUT2D eigenvalue weighted by Gasteiger charge is 2.32. The summed E-state index contributed by atoms with van der Waals surface area (Å²) in [6.07, 6.45) is 4.79. The van der Waals surface area contributed by atoms with E-state index in [1.165, 1.54) is 6.92 Å². The number of ether oxygens (including phenoxy) is 6. The van der Waals surface area contributed by atoms with Crippen LogP contribution in [0.1, 0.15) is 42.5 Å². The number of hydrogen-bond donors (Lipinski definition) is 1. The molecule has 0 radical (unpaired) electrons. The Hall–Kier alpha value is -2.80. The Morgan fingerprint density at radius 3 is 2.20 bits per heavy atom. The topological polar surface area (TPSA) is 118 Å². The highest BCUT2D eigenvalue weighted by atomic mass is 16.7. The zero-order valence-electron chi connectivity index (χ0n) is 23.8. The zero-order valence-corrected chi connectivity index (χ0v) is 23.8. The van der Waals surface area contributed by atoms with Crippen LogP contribution in [0.25, 0.3) is 10.9 Å². The van der Waals surface area contributed by atoms with Gasteiger partial charge in [0, 0.05) is 50.5 Å². The molecular formula is C30H42N2O9. The molecule has 1 aromatic carbocycles. The fourth-order valence-corrected chi connectivity index (χ4v) is 4.90. The van der Waals surface area contributed by atoms with E-state index in [9.17, 15) is 9.59 Å². The quantitative estimate of drug-likeness (QED) is 0.498. The lowest BCUT2D eigenvalue weighted by molar-refractivity contribution is -0.153. The van der Waals surface area contributed by atoms with E-state index in [2.05, 4.69) is 0 Å². The van der Waals surface area contributed by atoms with Crippen molar-refractivity contribution < 1.29 is 43.1 Å². The van der Waals surface area contributed by atoms with Crippen molar-refractivity contribution in [2.24, 2.45) is 0 Å². The van der Waals surface area contributed by atoms with Gasteiger partial charge in [-0.25, -0.2) is 0 Å². The molecular weight excluding hydrogens is 532 g/mol. The van der Waals surface area contributed by atoms with Crippen LogP contribution in [0.5, 0.6) is 0 Å². The summed E-state index contributed by atoms with van der Waals surface area (Å²) in [6, 6.07) is 7.74. The van der Waals surface area contributed by atoms with Gasteiger partial charge in [-0.1, -0.05) is 18.2 Å². The van der Waals surface area contributed by atoms with Gasteiger partial charge in [-0.15, -0.1) is 0 Å². The maximum absolute atomic E-state index is 13.8. The first-order chi connectivity index (χ1) is 20.1. The number of allylic oxidation sites excluding steroid dienone is 1. The molecule has 11 heteroatoms. The molecule has 2 atom stereocenters. The molecule has 2 aromatic rings. The van der Waals surface area contributed by atoms with E-state index in [1.807, 2.05) is 36.5 Å². The molecule has 0 aliphatic carbocycles. The molecule has 41 heavy (non-hydrogen) atoms.